The summed E-state index contributed by atoms with van der Waals surface area (Å²) >= 11 is 0. The quantitative estimate of drug-likeness (QED) is 0.313. The fourth-order valence-corrected chi connectivity index (χ4v) is 5.21. The molecule has 5 aromatic carbocycles. The lowest BCUT2D eigenvalue weighted by molar-refractivity contribution is 0.660. The van der Waals surface area contributed by atoms with Gasteiger partial charge in [0, 0.05) is 16.8 Å². The van der Waals surface area contributed by atoms with Crippen LogP contribution in [0.1, 0.15) is 25.0 Å². The molecular weight excluding hydrogens is 386 g/mol. The van der Waals surface area contributed by atoms with Gasteiger partial charge in [-0.25, -0.2) is 0 Å². The van der Waals surface area contributed by atoms with Crippen LogP contribution in [0.2, 0.25) is 0 Å². The second-order valence-electron chi connectivity index (χ2n) is 9.16. The Morgan fingerprint density at radius 1 is 0.531 bits per heavy atom. The SMILES string of the molecule is CC1(C)c2ccccc2-c2cc(Nc3cccc(-c4cccc5ccccc45)c3)ccc21. The van der Waals surface area contributed by atoms with Crippen LogP contribution in [-0.4, -0.2) is 0 Å². The van der Waals surface area contributed by atoms with Gasteiger partial charge < -0.3 is 5.32 Å². The molecule has 0 spiro atoms. The summed E-state index contributed by atoms with van der Waals surface area (Å²) in [6.45, 7) is 4.64. The highest BCUT2D eigenvalue weighted by molar-refractivity contribution is 5.97. The molecule has 6 rings (SSSR count). The maximum atomic E-state index is 3.65. The van der Waals surface area contributed by atoms with Crippen LogP contribution in [-0.2, 0) is 5.41 Å². The summed E-state index contributed by atoms with van der Waals surface area (Å²) < 4.78 is 0. The van der Waals surface area contributed by atoms with E-state index >= 15 is 0 Å². The van der Waals surface area contributed by atoms with E-state index in [0.717, 1.165) is 11.4 Å². The van der Waals surface area contributed by atoms with E-state index in [-0.39, 0.29) is 5.41 Å². The topological polar surface area (TPSA) is 12.0 Å². The molecule has 0 amide bonds. The molecule has 5 aromatic rings. The van der Waals surface area contributed by atoms with Gasteiger partial charge in [0.25, 0.3) is 0 Å². The summed E-state index contributed by atoms with van der Waals surface area (Å²) in [6, 6.07) is 39.4. The largest absolute Gasteiger partial charge is 0.355 e. The van der Waals surface area contributed by atoms with Crippen molar-refractivity contribution in [1.29, 1.82) is 0 Å². The second kappa shape index (κ2) is 7.10. The van der Waals surface area contributed by atoms with Crippen LogP contribution in [0, 0.1) is 0 Å². The van der Waals surface area contributed by atoms with Crippen molar-refractivity contribution >= 4 is 22.1 Å². The molecule has 32 heavy (non-hydrogen) atoms. The molecule has 1 aliphatic carbocycles. The fraction of sp³-hybridized carbons (Fsp3) is 0.0968. The molecule has 0 saturated carbocycles. The molecule has 1 N–H and O–H groups in total. The van der Waals surface area contributed by atoms with Crippen molar-refractivity contribution in [2.75, 3.05) is 5.32 Å². The zero-order chi connectivity index (χ0) is 21.7. The minimum absolute atomic E-state index is 0.0404. The van der Waals surface area contributed by atoms with Gasteiger partial charge in [-0.1, -0.05) is 98.8 Å². The van der Waals surface area contributed by atoms with Crippen molar-refractivity contribution < 1.29 is 0 Å². The molecule has 0 aromatic heterocycles. The fourth-order valence-electron chi connectivity index (χ4n) is 5.21. The normalized spacial score (nSPS) is 13.6. The van der Waals surface area contributed by atoms with E-state index in [4.69, 9.17) is 0 Å². The third kappa shape index (κ3) is 2.93. The molecule has 0 bridgehead atoms. The van der Waals surface area contributed by atoms with Gasteiger partial charge in [0.2, 0.25) is 0 Å². The number of anilines is 2. The minimum atomic E-state index is 0.0404. The smallest absolute Gasteiger partial charge is 0.0390 e. The van der Waals surface area contributed by atoms with Gasteiger partial charge >= 0.3 is 0 Å². The molecule has 0 unspecified atom stereocenters. The lowest BCUT2D eigenvalue weighted by Crippen LogP contribution is -2.14. The number of hydrogen-bond acceptors (Lipinski definition) is 1. The lowest BCUT2D eigenvalue weighted by Gasteiger charge is -2.21. The maximum absolute atomic E-state index is 3.65. The second-order valence-corrected chi connectivity index (χ2v) is 9.16. The van der Waals surface area contributed by atoms with Gasteiger partial charge in [-0.05, 0) is 68.4 Å². The van der Waals surface area contributed by atoms with E-state index in [1.807, 2.05) is 0 Å². The van der Waals surface area contributed by atoms with Gasteiger partial charge in [-0.15, -0.1) is 0 Å². The molecule has 0 aliphatic heterocycles. The number of benzene rings is 5. The summed E-state index contributed by atoms with van der Waals surface area (Å²) in [6.07, 6.45) is 0. The van der Waals surface area contributed by atoms with Crippen molar-refractivity contribution in [3.8, 4) is 22.3 Å². The first kappa shape index (κ1) is 18.9. The Hall–Kier alpha value is -3.84. The van der Waals surface area contributed by atoms with Gasteiger partial charge in [-0.2, -0.15) is 0 Å². The Morgan fingerprint density at radius 3 is 2.16 bits per heavy atom. The van der Waals surface area contributed by atoms with E-state index in [9.17, 15) is 0 Å². The molecule has 0 atom stereocenters. The first-order valence-electron chi connectivity index (χ1n) is 11.2. The molecule has 0 heterocycles. The standard InChI is InChI=1S/C31H25N/c1-31(2)29-16-6-5-14-27(29)28-20-24(17-18-30(28)31)32-23-12-7-11-22(19-23)26-15-8-10-21-9-3-4-13-25(21)26/h3-20,32H,1-2H3. The van der Waals surface area contributed by atoms with Crippen LogP contribution in [0.15, 0.2) is 109 Å². The Kier molecular flexibility index (Phi) is 4.19. The molecule has 1 nitrogen and oxygen atoms in total. The van der Waals surface area contributed by atoms with Crippen molar-refractivity contribution in [3.05, 3.63) is 120 Å². The number of hydrogen-bond donors (Lipinski definition) is 1. The molecule has 0 radical (unpaired) electrons. The van der Waals surface area contributed by atoms with E-state index in [0.29, 0.717) is 0 Å². The molecule has 0 saturated heterocycles. The van der Waals surface area contributed by atoms with Gasteiger partial charge in [0.15, 0.2) is 0 Å². The zero-order valence-electron chi connectivity index (χ0n) is 18.4. The summed E-state index contributed by atoms with van der Waals surface area (Å²) in [4.78, 5) is 0. The van der Waals surface area contributed by atoms with Crippen LogP contribution < -0.4 is 5.32 Å². The maximum Gasteiger partial charge on any atom is 0.0390 e. The van der Waals surface area contributed by atoms with Crippen molar-refractivity contribution in [2.45, 2.75) is 19.3 Å². The number of fused-ring (bicyclic) bond motifs is 4. The molecular formula is C31H25N. The van der Waals surface area contributed by atoms with Crippen LogP contribution in [0.25, 0.3) is 33.0 Å². The van der Waals surface area contributed by atoms with Crippen LogP contribution in [0.5, 0.6) is 0 Å². The van der Waals surface area contributed by atoms with E-state index in [1.54, 1.807) is 0 Å². The first-order valence-corrected chi connectivity index (χ1v) is 11.2. The monoisotopic (exact) mass is 411 g/mol. The molecule has 1 aliphatic rings. The summed E-state index contributed by atoms with van der Waals surface area (Å²) in [5.74, 6) is 0. The number of rotatable bonds is 3. The zero-order valence-corrected chi connectivity index (χ0v) is 18.4. The van der Waals surface area contributed by atoms with E-state index < -0.39 is 0 Å². The van der Waals surface area contributed by atoms with Crippen LogP contribution in [0.4, 0.5) is 11.4 Å². The Balaban J connectivity index is 1.38. The van der Waals surface area contributed by atoms with Gasteiger partial charge in [0.05, 0.1) is 0 Å². The Morgan fingerprint density at radius 2 is 1.22 bits per heavy atom. The van der Waals surface area contributed by atoms with E-state index in [1.165, 1.54) is 44.2 Å². The van der Waals surface area contributed by atoms with Crippen molar-refractivity contribution in [3.63, 3.8) is 0 Å². The third-order valence-electron chi connectivity index (χ3n) is 6.84. The lowest BCUT2D eigenvalue weighted by atomic mass is 9.82. The van der Waals surface area contributed by atoms with Crippen LogP contribution >= 0.6 is 0 Å². The van der Waals surface area contributed by atoms with Gasteiger partial charge in [-0.3, -0.25) is 0 Å². The predicted molar refractivity (Wildman–Crippen MR) is 137 cm³/mol. The van der Waals surface area contributed by atoms with Crippen molar-refractivity contribution in [1.82, 2.24) is 0 Å². The highest BCUT2D eigenvalue weighted by Gasteiger charge is 2.34. The Labute approximate surface area is 189 Å². The summed E-state index contributed by atoms with van der Waals surface area (Å²) in [7, 11) is 0. The molecule has 0 fully saturated rings. The average Bonchev–Trinajstić information content (AvgIpc) is 3.06. The van der Waals surface area contributed by atoms with Crippen molar-refractivity contribution in [2.24, 2.45) is 0 Å². The first-order chi connectivity index (χ1) is 15.6. The third-order valence-corrected chi connectivity index (χ3v) is 6.84. The molecule has 154 valence electrons. The van der Waals surface area contributed by atoms with Gasteiger partial charge in [0.1, 0.15) is 0 Å². The molecule has 1 heteroatoms. The summed E-state index contributed by atoms with van der Waals surface area (Å²) in [5.41, 5.74) is 10.2. The minimum Gasteiger partial charge on any atom is -0.355 e. The average molecular weight is 412 g/mol. The van der Waals surface area contributed by atoms with Crippen LogP contribution in [0.3, 0.4) is 0 Å². The number of nitrogens with one attached hydrogen (secondary N) is 1. The summed E-state index contributed by atoms with van der Waals surface area (Å²) in [5, 5.41) is 6.20. The Bertz CT molecular complexity index is 1470. The predicted octanol–water partition coefficient (Wildman–Crippen LogP) is 8.56. The highest BCUT2D eigenvalue weighted by atomic mass is 14.9. The van der Waals surface area contributed by atoms with E-state index in [2.05, 4.69) is 128 Å². The highest BCUT2D eigenvalue weighted by Crippen LogP contribution is 2.49.